The Labute approximate surface area is 89.7 Å². The molecule has 0 aliphatic rings. The maximum Gasteiger partial charge on any atom is 0.313 e. The van der Waals surface area contributed by atoms with Crippen LogP contribution in [-0.2, 0) is 9.53 Å². The Hall–Kier alpha value is -1.35. The molecule has 1 unspecified atom stereocenters. The summed E-state index contributed by atoms with van der Waals surface area (Å²) in [5.41, 5.74) is 1.87. The number of benzene rings is 1. The van der Waals surface area contributed by atoms with E-state index < -0.39 is 11.9 Å². The van der Waals surface area contributed by atoms with Crippen molar-refractivity contribution in [1.82, 2.24) is 0 Å². The van der Waals surface area contributed by atoms with Gasteiger partial charge in [-0.1, -0.05) is 29.8 Å². The van der Waals surface area contributed by atoms with Crippen LogP contribution in [0, 0.1) is 6.92 Å². The van der Waals surface area contributed by atoms with E-state index in [1.54, 1.807) is 0 Å². The van der Waals surface area contributed by atoms with Gasteiger partial charge < -0.3 is 9.84 Å². The first-order valence-electron chi connectivity index (χ1n) is 5.02. The number of ether oxygens (including phenoxy) is 1. The van der Waals surface area contributed by atoms with Crippen LogP contribution in [0.1, 0.15) is 24.0 Å². The fourth-order valence-corrected chi connectivity index (χ4v) is 1.43. The van der Waals surface area contributed by atoms with E-state index in [0.717, 1.165) is 11.1 Å². The minimum atomic E-state index is -0.839. The van der Waals surface area contributed by atoms with Gasteiger partial charge in [0.15, 0.2) is 0 Å². The van der Waals surface area contributed by atoms with Gasteiger partial charge in [0.05, 0.1) is 6.61 Å². The normalized spacial score (nSPS) is 12.4. The maximum atomic E-state index is 11.0. The zero-order valence-corrected chi connectivity index (χ0v) is 9.06. The fourth-order valence-electron chi connectivity index (χ4n) is 1.43. The largest absolute Gasteiger partial charge is 0.481 e. The summed E-state index contributed by atoms with van der Waals surface area (Å²) in [6.07, 6.45) is 0. The van der Waals surface area contributed by atoms with Crippen LogP contribution in [0.3, 0.4) is 0 Å². The van der Waals surface area contributed by atoms with E-state index in [2.05, 4.69) is 0 Å². The molecule has 3 heteroatoms. The van der Waals surface area contributed by atoms with Crippen molar-refractivity contribution in [2.45, 2.75) is 19.8 Å². The Morgan fingerprint density at radius 2 is 2.27 bits per heavy atom. The molecule has 1 rings (SSSR count). The molecule has 0 bridgehead atoms. The van der Waals surface area contributed by atoms with Crippen LogP contribution in [-0.4, -0.2) is 24.3 Å². The maximum absolute atomic E-state index is 11.0. The van der Waals surface area contributed by atoms with Gasteiger partial charge in [0.1, 0.15) is 5.92 Å². The third-order valence-corrected chi connectivity index (χ3v) is 2.23. The highest BCUT2D eigenvalue weighted by Gasteiger charge is 2.19. The molecule has 0 fully saturated rings. The summed E-state index contributed by atoms with van der Waals surface area (Å²) in [5, 5.41) is 9.06. The third kappa shape index (κ3) is 3.36. The molecule has 0 aliphatic carbocycles. The summed E-state index contributed by atoms with van der Waals surface area (Å²) in [4.78, 5) is 11.0. The average molecular weight is 208 g/mol. The minimum absolute atomic E-state index is 0.231. The lowest BCUT2D eigenvalue weighted by Gasteiger charge is -2.12. The number of rotatable bonds is 5. The van der Waals surface area contributed by atoms with E-state index in [1.165, 1.54) is 0 Å². The Kier molecular flexibility index (Phi) is 4.31. The number of carboxylic acids is 1. The minimum Gasteiger partial charge on any atom is -0.481 e. The molecule has 0 saturated carbocycles. The van der Waals surface area contributed by atoms with Crippen molar-refractivity contribution in [3.63, 3.8) is 0 Å². The van der Waals surface area contributed by atoms with E-state index in [0.29, 0.717) is 6.61 Å². The standard InChI is InChI=1S/C12H16O3/c1-3-15-8-11(12(13)14)10-6-4-5-9(2)7-10/h4-7,11H,3,8H2,1-2H3,(H,13,14). The van der Waals surface area contributed by atoms with Gasteiger partial charge in [-0.05, 0) is 19.4 Å². The first-order chi connectivity index (χ1) is 7.15. The summed E-state index contributed by atoms with van der Waals surface area (Å²) < 4.78 is 5.17. The van der Waals surface area contributed by atoms with Crippen LogP contribution in [0.5, 0.6) is 0 Å². The van der Waals surface area contributed by atoms with Gasteiger partial charge in [-0.2, -0.15) is 0 Å². The van der Waals surface area contributed by atoms with Crippen molar-refractivity contribution in [2.24, 2.45) is 0 Å². The number of carboxylic acid groups (broad SMARTS) is 1. The second kappa shape index (κ2) is 5.51. The number of hydrogen-bond donors (Lipinski definition) is 1. The Bertz CT molecular complexity index is 333. The van der Waals surface area contributed by atoms with Crippen molar-refractivity contribution in [3.8, 4) is 0 Å². The molecule has 0 saturated heterocycles. The summed E-state index contributed by atoms with van der Waals surface area (Å²) >= 11 is 0. The number of aliphatic carboxylic acids is 1. The molecule has 1 aromatic rings. The van der Waals surface area contributed by atoms with E-state index in [4.69, 9.17) is 9.84 Å². The highest BCUT2D eigenvalue weighted by atomic mass is 16.5. The van der Waals surface area contributed by atoms with E-state index >= 15 is 0 Å². The predicted octanol–water partition coefficient (Wildman–Crippen LogP) is 2.20. The first kappa shape index (κ1) is 11.7. The lowest BCUT2D eigenvalue weighted by molar-refractivity contribution is -0.140. The van der Waals surface area contributed by atoms with Gasteiger partial charge in [-0.25, -0.2) is 0 Å². The van der Waals surface area contributed by atoms with Gasteiger partial charge in [0.2, 0.25) is 0 Å². The Balaban J connectivity index is 2.84. The molecule has 3 nitrogen and oxygen atoms in total. The average Bonchev–Trinajstić information content (AvgIpc) is 2.18. The summed E-state index contributed by atoms with van der Waals surface area (Å²) in [7, 11) is 0. The molecular formula is C12H16O3. The second-order valence-electron chi connectivity index (χ2n) is 3.46. The number of aryl methyl sites for hydroxylation is 1. The van der Waals surface area contributed by atoms with Gasteiger partial charge in [-0.15, -0.1) is 0 Å². The second-order valence-corrected chi connectivity index (χ2v) is 3.46. The van der Waals surface area contributed by atoms with Crippen molar-refractivity contribution in [3.05, 3.63) is 35.4 Å². The monoisotopic (exact) mass is 208 g/mol. The van der Waals surface area contributed by atoms with Crippen LogP contribution >= 0.6 is 0 Å². The third-order valence-electron chi connectivity index (χ3n) is 2.23. The SMILES string of the molecule is CCOCC(C(=O)O)c1cccc(C)c1. The lowest BCUT2D eigenvalue weighted by atomic mass is 9.98. The Morgan fingerprint density at radius 3 is 2.80 bits per heavy atom. The van der Waals surface area contributed by atoms with Crippen LogP contribution in [0.15, 0.2) is 24.3 Å². The van der Waals surface area contributed by atoms with Crippen molar-refractivity contribution >= 4 is 5.97 Å². The highest BCUT2D eigenvalue weighted by molar-refractivity contribution is 5.76. The molecule has 0 heterocycles. The predicted molar refractivity (Wildman–Crippen MR) is 58.0 cm³/mol. The first-order valence-corrected chi connectivity index (χ1v) is 5.02. The van der Waals surface area contributed by atoms with Gasteiger partial charge in [0, 0.05) is 6.61 Å². The molecule has 1 atom stereocenters. The molecule has 15 heavy (non-hydrogen) atoms. The molecule has 1 N–H and O–H groups in total. The van der Waals surface area contributed by atoms with E-state index in [9.17, 15) is 4.79 Å². The van der Waals surface area contributed by atoms with Crippen molar-refractivity contribution < 1.29 is 14.6 Å². The summed E-state index contributed by atoms with van der Waals surface area (Å²) in [6, 6.07) is 7.53. The fraction of sp³-hybridized carbons (Fsp3) is 0.417. The molecule has 0 aliphatic heterocycles. The van der Waals surface area contributed by atoms with Gasteiger partial charge >= 0.3 is 5.97 Å². The molecule has 82 valence electrons. The quantitative estimate of drug-likeness (QED) is 0.806. The van der Waals surface area contributed by atoms with Crippen LogP contribution in [0.4, 0.5) is 0 Å². The van der Waals surface area contributed by atoms with Gasteiger partial charge in [0.25, 0.3) is 0 Å². The van der Waals surface area contributed by atoms with E-state index in [1.807, 2.05) is 38.1 Å². The van der Waals surface area contributed by atoms with Gasteiger partial charge in [-0.3, -0.25) is 4.79 Å². The Morgan fingerprint density at radius 1 is 1.53 bits per heavy atom. The topological polar surface area (TPSA) is 46.5 Å². The van der Waals surface area contributed by atoms with Crippen LogP contribution < -0.4 is 0 Å². The molecule has 0 radical (unpaired) electrons. The number of hydrogen-bond acceptors (Lipinski definition) is 2. The molecule has 0 spiro atoms. The molecule has 0 amide bonds. The highest BCUT2D eigenvalue weighted by Crippen LogP contribution is 2.17. The van der Waals surface area contributed by atoms with Crippen molar-refractivity contribution in [1.29, 1.82) is 0 Å². The zero-order valence-electron chi connectivity index (χ0n) is 9.06. The zero-order chi connectivity index (χ0) is 11.3. The smallest absolute Gasteiger partial charge is 0.313 e. The summed E-state index contributed by atoms with van der Waals surface area (Å²) in [6.45, 7) is 4.57. The van der Waals surface area contributed by atoms with Crippen LogP contribution in [0.2, 0.25) is 0 Å². The molecular weight excluding hydrogens is 192 g/mol. The molecule has 1 aromatic carbocycles. The van der Waals surface area contributed by atoms with Crippen LogP contribution in [0.25, 0.3) is 0 Å². The summed E-state index contributed by atoms with van der Waals surface area (Å²) in [5.74, 6) is -1.40. The van der Waals surface area contributed by atoms with E-state index in [-0.39, 0.29) is 6.61 Å². The van der Waals surface area contributed by atoms with Crippen molar-refractivity contribution in [2.75, 3.05) is 13.2 Å². The molecule has 0 aromatic heterocycles. The number of carbonyl (C=O) groups is 1. The lowest BCUT2D eigenvalue weighted by Crippen LogP contribution is -2.17.